The predicted molar refractivity (Wildman–Crippen MR) is 123 cm³/mol. The minimum atomic E-state index is -1.07. The molecule has 2 aliphatic rings. The summed E-state index contributed by atoms with van der Waals surface area (Å²) in [5.41, 5.74) is 1.52. The fraction of sp³-hybridized carbons (Fsp3) is 0.200. The first-order valence-electron chi connectivity index (χ1n) is 10.5. The number of methoxy groups -OCH3 is 2. The number of hydrogen-bond donors (Lipinski definition) is 0. The molecule has 0 spiro atoms. The van der Waals surface area contributed by atoms with E-state index in [1.165, 1.54) is 12.1 Å². The summed E-state index contributed by atoms with van der Waals surface area (Å²) in [6, 6.07) is 17.5. The van der Waals surface area contributed by atoms with Crippen molar-refractivity contribution in [3.8, 4) is 11.5 Å². The molecule has 2 amide bonds. The third kappa shape index (κ3) is 3.55. The number of fused-ring (bicyclic) bond motifs is 1. The van der Waals surface area contributed by atoms with Crippen molar-refractivity contribution in [1.82, 2.24) is 0 Å². The van der Waals surface area contributed by atoms with Crippen LogP contribution in [0, 0.1) is 11.7 Å². The summed E-state index contributed by atoms with van der Waals surface area (Å²) in [6.07, 6.45) is -1.07. The van der Waals surface area contributed by atoms with Gasteiger partial charge in [0.15, 0.2) is 6.10 Å². The van der Waals surface area contributed by atoms with E-state index in [1.807, 2.05) is 12.1 Å². The number of nitrogens with zero attached hydrogens (tertiary/aromatic N) is 2. The number of rotatable bonds is 5. The molecule has 0 N–H and O–H groups in total. The molecule has 2 saturated heterocycles. The Morgan fingerprint density at radius 1 is 0.853 bits per heavy atom. The van der Waals surface area contributed by atoms with Gasteiger partial charge in [-0.2, -0.15) is 0 Å². The lowest BCUT2D eigenvalue weighted by Gasteiger charge is -2.29. The largest absolute Gasteiger partial charge is 0.497 e. The van der Waals surface area contributed by atoms with Crippen LogP contribution in [-0.2, 0) is 14.4 Å². The van der Waals surface area contributed by atoms with Gasteiger partial charge in [0, 0.05) is 0 Å². The van der Waals surface area contributed by atoms with Crippen molar-refractivity contribution >= 4 is 34.8 Å². The molecule has 0 aliphatic carbocycles. The van der Waals surface area contributed by atoms with Gasteiger partial charge in [0.2, 0.25) is 5.91 Å². The second-order valence-corrected chi connectivity index (χ2v) is 8.31. The second kappa shape index (κ2) is 8.62. The third-order valence-electron chi connectivity index (χ3n) is 6.06. The van der Waals surface area contributed by atoms with E-state index < -0.39 is 35.7 Å². The zero-order valence-corrected chi connectivity index (χ0v) is 19.0. The molecule has 2 aliphatic heterocycles. The van der Waals surface area contributed by atoms with Gasteiger partial charge in [0.1, 0.15) is 23.2 Å². The minimum absolute atomic E-state index is 0.0962. The minimum Gasteiger partial charge on any atom is -0.497 e. The topological polar surface area (TPSA) is 68.3 Å². The number of benzene rings is 3. The molecule has 2 heterocycles. The van der Waals surface area contributed by atoms with Crippen molar-refractivity contribution in [2.45, 2.75) is 12.1 Å². The van der Waals surface area contributed by atoms with E-state index in [4.69, 9.17) is 25.9 Å². The van der Waals surface area contributed by atoms with Crippen LogP contribution in [0.25, 0.3) is 0 Å². The van der Waals surface area contributed by atoms with Gasteiger partial charge >= 0.3 is 0 Å². The molecule has 3 aromatic rings. The SMILES string of the molecule is COc1ccc([C@@H]2[C@H]3C(=O)N(c4ccc(Cl)c(F)c4)C(=O)[C@H]3ON2c2ccc(OC)cc2)cc1. The van der Waals surface area contributed by atoms with E-state index in [-0.39, 0.29) is 10.7 Å². The Morgan fingerprint density at radius 3 is 2.03 bits per heavy atom. The van der Waals surface area contributed by atoms with Crippen LogP contribution in [0.2, 0.25) is 5.02 Å². The zero-order valence-electron chi connectivity index (χ0n) is 18.3. The summed E-state index contributed by atoms with van der Waals surface area (Å²) < 4.78 is 24.6. The molecule has 174 valence electrons. The number of imide groups is 1. The van der Waals surface area contributed by atoms with Crippen LogP contribution < -0.4 is 19.4 Å². The van der Waals surface area contributed by atoms with Crippen LogP contribution in [-0.4, -0.2) is 32.1 Å². The highest BCUT2D eigenvalue weighted by molar-refractivity contribution is 6.31. The number of ether oxygens (including phenoxy) is 2. The molecule has 7 nitrogen and oxygen atoms in total. The van der Waals surface area contributed by atoms with Crippen molar-refractivity contribution in [3.63, 3.8) is 0 Å². The van der Waals surface area contributed by atoms with Crippen molar-refractivity contribution in [2.75, 3.05) is 24.2 Å². The third-order valence-corrected chi connectivity index (χ3v) is 6.37. The fourth-order valence-corrected chi connectivity index (χ4v) is 4.50. The Morgan fingerprint density at radius 2 is 1.44 bits per heavy atom. The Balaban J connectivity index is 1.56. The fourth-order valence-electron chi connectivity index (χ4n) is 4.39. The number of amides is 2. The molecular formula is C25H20ClFN2O5. The molecule has 0 radical (unpaired) electrons. The maximum atomic E-state index is 14.1. The summed E-state index contributed by atoms with van der Waals surface area (Å²) in [4.78, 5) is 33.9. The van der Waals surface area contributed by atoms with Crippen LogP contribution in [0.15, 0.2) is 66.7 Å². The van der Waals surface area contributed by atoms with Crippen LogP contribution in [0.4, 0.5) is 15.8 Å². The zero-order chi connectivity index (χ0) is 24.0. The maximum Gasteiger partial charge on any atom is 0.266 e. The van der Waals surface area contributed by atoms with Gasteiger partial charge in [0.25, 0.3) is 5.91 Å². The number of carbonyl (C=O) groups is 2. The standard InChI is InChI=1S/C25H20ClFN2O5/c1-32-17-8-3-14(4-9-17)22-21-23(34-29(22)15-5-10-18(33-2)11-6-15)25(31)28(24(21)30)16-7-12-19(26)20(27)13-16/h3-13,21-23H,1-2H3/t21-,22-,23+/m1/s1. The number of hydrogen-bond acceptors (Lipinski definition) is 6. The molecule has 9 heteroatoms. The van der Waals surface area contributed by atoms with Crippen molar-refractivity contribution in [3.05, 3.63) is 83.1 Å². The van der Waals surface area contributed by atoms with E-state index in [2.05, 4.69) is 0 Å². The molecule has 3 aromatic carbocycles. The van der Waals surface area contributed by atoms with E-state index in [1.54, 1.807) is 55.7 Å². The number of anilines is 2. The monoisotopic (exact) mass is 482 g/mol. The Kier molecular flexibility index (Phi) is 5.63. The van der Waals surface area contributed by atoms with Gasteiger partial charge in [-0.1, -0.05) is 23.7 Å². The van der Waals surface area contributed by atoms with Gasteiger partial charge in [-0.15, -0.1) is 0 Å². The number of hydroxylamine groups is 1. The Labute approximate surface area is 200 Å². The van der Waals surface area contributed by atoms with Crippen molar-refractivity contribution in [1.29, 1.82) is 0 Å². The van der Waals surface area contributed by atoms with Crippen LogP contribution in [0.1, 0.15) is 11.6 Å². The lowest BCUT2D eigenvalue weighted by molar-refractivity contribution is -0.126. The first-order chi connectivity index (χ1) is 16.4. The second-order valence-electron chi connectivity index (χ2n) is 7.90. The van der Waals surface area contributed by atoms with E-state index in [0.717, 1.165) is 16.5 Å². The molecule has 3 atom stereocenters. The Bertz CT molecular complexity index is 1250. The maximum absolute atomic E-state index is 14.1. The summed E-state index contributed by atoms with van der Waals surface area (Å²) in [5.74, 6) is -1.29. The summed E-state index contributed by atoms with van der Waals surface area (Å²) >= 11 is 5.78. The van der Waals surface area contributed by atoms with E-state index in [9.17, 15) is 14.0 Å². The van der Waals surface area contributed by atoms with E-state index in [0.29, 0.717) is 17.2 Å². The van der Waals surface area contributed by atoms with Crippen molar-refractivity contribution in [2.24, 2.45) is 5.92 Å². The molecule has 0 saturated carbocycles. The molecule has 5 rings (SSSR count). The van der Waals surface area contributed by atoms with Crippen LogP contribution in [0.5, 0.6) is 11.5 Å². The highest BCUT2D eigenvalue weighted by atomic mass is 35.5. The molecule has 0 aromatic heterocycles. The predicted octanol–water partition coefficient (Wildman–Crippen LogP) is 4.55. The molecule has 0 unspecified atom stereocenters. The van der Waals surface area contributed by atoms with Gasteiger partial charge in [-0.3, -0.25) is 14.4 Å². The van der Waals surface area contributed by atoms with Gasteiger partial charge in [-0.05, 0) is 60.2 Å². The highest BCUT2D eigenvalue weighted by Crippen LogP contribution is 2.48. The van der Waals surface area contributed by atoms with Crippen molar-refractivity contribution < 1.29 is 28.3 Å². The summed E-state index contributed by atoms with van der Waals surface area (Å²) in [5, 5.41) is 1.48. The average Bonchev–Trinajstić information content (AvgIpc) is 3.37. The lowest BCUT2D eigenvalue weighted by atomic mass is 9.90. The van der Waals surface area contributed by atoms with Gasteiger partial charge < -0.3 is 9.47 Å². The van der Waals surface area contributed by atoms with Gasteiger partial charge in [0.05, 0.1) is 36.7 Å². The smallest absolute Gasteiger partial charge is 0.266 e. The lowest BCUT2D eigenvalue weighted by Crippen LogP contribution is -2.37. The molecule has 0 bridgehead atoms. The van der Waals surface area contributed by atoms with Gasteiger partial charge in [-0.25, -0.2) is 14.4 Å². The first-order valence-corrected chi connectivity index (χ1v) is 10.9. The molecule has 34 heavy (non-hydrogen) atoms. The van der Waals surface area contributed by atoms with Crippen LogP contribution in [0.3, 0.4) is 0 Å². The summed E-state index contributed by atoms with van der Waals surface area (Å²) in [6.45, 7) is 0. The summed E-state index contributed by atoms with van der Waals surface area (Å²) in [7, 11) is 3.13. The quantitative estimate of drug-likeness (QED) is 0.497. The first kappa shape index (κ1) is 22.2. The highest BCUT2D eigenvalue weighted by Gasteiger charge is 2.60. The van der Waals surface area contributed by atoms with E-state index >= 15 is 0 Å². The molecule has 2 fully saturated rings. The normalized spacial score (nSPS) is 21.7. The number of carbonyl (C=O) groups excluding carboxylic acids is 2. The Hall–Kier alpha value is -3.62. The number of halogens is 2. The molecular weight excluding hydrogens is 463 g/mol. The average molecular weight is 483 g/mol. The van der Waals surface area contributed by atoms with Crippen LogP contribution >= 0.6 is 11.6 Å².